The van der Waals surface area contributed by atoms with Crippen LogP contribution in [0.1, 0.15) is 42.4 Å². The van der Waals surface area contributed by atoms with Gasteiger partial charge >= 0.3 is 0 Å². The summed E-state index contributed by atoms with van der Waals surface area (Å²) in [6.07, 6.45) is 3.98. The summed E-state index contributed by atoms with van der Waals surface area (Å²) in [5.41, 5.74) is 2.83. The zero-order valence-electron chi connectivity index (χ0n) is 17.4. The molecule has 0 aliphatic rings. The third-order valence-electron chi connectivity index (χ3n) is 5.06. The summed E-state index contributed by atoms with van der Waals surface area (Å²) in [5, 5.41) is 2.97. The number of ether oxygens (including phenoxy) is 2. The highest BCUT2D eigenvalue weighted by atomic mass is 16.5. The molecule has 0 spiro atoms. The SMILES string of the molecule is CCn1c(CCCCCNC(=O)c2ccc(OC)c(OC)c2)nc2ccccc21. The summed E-state index contributed by atoms with van der Waals surface area (Å²) in [6, 6.07) is 13.5. The lowest BCUT2D eigenvalue weighted by molar-refractivity contribution is 0.0952. The Labute approximate surface area is 171 Å². The number of rotatable bonds is 10. The molecule has 1 heterocycles. The molecule has 1 aromatic heterocycles. The molecule has 0 bridgehead atoms. The lowest BCUT2D eigenvalue weighted by atomic mass is 10.1. The van der Waals surface area contributed by atoms with Crippen molar-refractivity contribution in [3.8, 4) is 11.5 Å². The van der Waals surface area contributed by atoms with E-state index in [9.17, 15) is 4.79 Å². The second-order valence-electron chi connectivity index (χ2n) is 6.90. The molecule has 6 nitrogen and oxygen atoms in total. The molecule has 0 unspecified atom stereocenters. The van der Waals surface area contributed by atoms with Crippen molar-refractivity contribution in [1.82, 2.24) is 14.9 Å². The lowest BCUT2D eigenvalue weighted by Crippen LogP contribution is -2.24. The quantitative estimate of drug-likeness (QED) is 0.522. The van der Waals surface area contributed by atoms with Gasteiger partial charge < -0.3 is 19.4 Å². The highest BCUT2D eigenvalue weighted by molar-refractivity contribution is 5.94. The van der Waals surface area contributed by atoms with Crippen LogP contribution in [0.15, 0.2) is 42.5 Å². The second kappa shape index (κ2) is 9.96. The summed E-state index contributed by atoms with van der Waals surface area (Å²) >= 11 is 0. The van der Waals surface area contributed by atoms with Gasteiger partial charge in [0.05, 0.1) is 25.3 Å². The normalized spacial score (nSPS) is 10.9. The summed E-state index contributed by atoms with van der Waals surface area (Å²) in [7, 11) is 3.14. The first-order chi connectivity index (χ1) is 14.2. The smallest absolute Gasteiger partial charge is 0.251 e. The Hall–Kier alpha value is -3.02. The van der Waals surface area contributed by atoms with Gasteiger partial charge in [0.15, 0.2) is 11.5 Å². The van der Waals surface area contributed by atoms with Crippen LogP contribution in [-0.4, -0.2) is 36.2 Å². The molecule has 0 aliphatic heterocycles. The molecule has 29 heavy (non-hydrogen) atoms. The fourth-order valence-corrected chi connectivity index (χ4v) is 3.54. The Morgan fingerprint density at radius 3 is 2.59 bits per heavy atom. The molecule has 1 amide bonds. The van der Waals surface area contributed by atoms with E-state index in [1.165, 1.54) is 5.52 Å². The minimum absolute atomic E-state index is 0.0984. The van der Waals surface area contributed by atoms with Crippen LogP contribution in [0.3, 0.4) is 0 Å². The summed E-state index contributed by atoms with van der Waals surface area (Å²) in [6.45, 7) is 3.73. The Balaban J connectivity index is 1.44. The predicted octanol–water partition coefficient (Wildman–Crippen LogP) is 4.22. The van der Waals surface area contributed by atoms with Crippen molar-refractivity contribution >= 4 is 16.9 Å². The number of nitrogens with one attached hydrogen (secondary N) is 1. The zero-order valence-corrected chi connectivity index (χ0v) is 17.4. The number of aryl methyl sites for hydroxylation is 2. The average Bonchev–Trinajstić information content (AvgIpc) is 3.12. The molecule has 154 valence electrons. The first kappa shape index (κ1) is 20.7. The molecule has 0 radical (unpaired) electrons. The summed E-state index contributed by atoms with van der Waals surface area (Å²) in [4.78, 5) is 17.1. The molecule has 0 saturated carbocycles. The second-order valence-corrected chi connectivity index (χ2v) is 6.90. The molecule has 1 N–H and O–H groups in total. The first-order valence-corrected chi connectivity index (χ1v) is 10.1. The monoisotopic (exact) mass is 395 g/mol. The topological polar surface area (TPSA) is 65.4 Å². The van der Waals surface area contributed by atoms with Gasteiger partial charge in [-0.2, -0.15) is 0 Å². The predicted molar refractivity (Wildman–Crippen MR) is 115 cm³/mol. The number of hydrogen-bond acceptors (Lipinski definition) is 4. The number of imidazole rings is 1. The molecule has 0 aliphatic carbocycles. The highest BCUT2D eigenvalue weighted by Crippen LogP contribution is 2.27. The van der Waals surface area contributed by atoms with Gasteiger partial charge in [-0.05, 0) is 50.1 Å². The summed E-state index contributed by atoms with van der Waals surface area (Å²) < 4.78 is 12.7. The first-order valence-electron chi connectivity index (χ1n) is 10.1. The number of fused-ring (bicyclic) bond motifs is 1. The summed E-state index contributed by atoms with van der Waals surface area (Å²) in [5.74, 6) is 2.21. The van der Waals surface area contributed by atoms with Crippen LogP contribution in [0, 0.1) is 0 Å². The maximum Gasteiger partial charge on any atom is 0.251 e. The van der Waals surface area contributed by atoms with E-state index in [-0.39, 0.29) is 5.91 Å². The third kappa shape index (κ3) is 4.88. The van der Waals surface area contributed by atoms with E-state index in [1.54, 1.807) is 32.4 Å². The van der Waals surface area contributed by atoms with Crippen molar-refractivity contribution in [3.05, 3.63) is 53.9 Å². The number of para-hydroxylation sites is 2. The molecule has 3 rings (SSSR count). The maximum absolute atomic E-state index is 12.3. The molecule has 2 aromatic carbocycles. The van der Waals surface area contributed by atoms with Crippen LogP contribution in [0.4, 0.5) is 0 Å². The lowest BCUT2D eigenvalue weighted by Gasteiger charge is -2.10. The van der Waals surface area contributed by atoms with Crippen molar-refractivity contribution in [3.63, 3.8) is 0 Å². The van der Waals surface area contributed by atoms with Crippen LogP contribution >= 0.6 is 0 Å². The number of nitrogens with zero attached hydrogens (tertiary/aromatic N) is 2. The van der Waals surface area contributed by atoms with E-state index in [4.69, 9.17) is 14.5 Å². The van der Waals surface area contributed by atoms with Crippen LogP contribution in [0.25, 0.3) is 11.0 Å². The molecule has 0 saturated heterocycles. The van der Waals surface area contributed by atoms with Crippen LogP contribution in [0.2, 0.25) is 0 Å². The van der Waals surface area contributed by atoms with E-state index in [2.05, 4.69) is 35.0 Å². The van der Waals surface area contributed by atoms with Crippen molar-refractivity contribution < 1.29 is 14.3 Å². The van der Waals surface area contributed by atoms with Gasteiger partial charge in [-0.15, -0.1) is 0 Å². The molecular weight excluding hydrogens is 366 g/mol. The maximum atomic E-state index is 12.3. The molecule has 0 atom stereocenters. The van der Waals surface area contributed by atoms with Crippen molar-refractivity contribution in [2.45, 2.75) is 39.2 Å². The number of methoxy groups -OCH3 is 2. The zero-order chi connectivity index (χ0) is 20.6. The van der Waals surface area contributed by atoms with Crippen molar-refractivity contribution in [2.24, 2.45) is 0 Å². The van der Waals surface area contributed by atoms with Crippen LogP contribution in [0.5, 0.6) is 11.5 Å². The van der Waals surface area contributed by atoms with Gasteiger partial charge in [-0.1, -0.05) is 18.6 Å². The Morgan fingerprint density at radius 1 is 1.03 bits per heavy atom. The number of hydrogen-bond donors (Lipinski definition) is 1. The average molecular weight is 396 g/mol. The van der Waals surface area contributed by atoms with E-state index in [1.807, 2.05) is 6.07 Å². The van der Waals surface area contributed by atoms with Crippen LogP contribution in [-0.2, 0) is 13.0 Å². The molecular formula is C23H29N3O3. The Bertz CT molecular complexity index is 965. The minimum atomic E-state index is -0.0984. The number of amides is 1. The fraction of sp³-hybridized carbons (Fsp3) is 0.391. The van der Waals surface area contributed by atoms with E-state index < -0.39 is 0 Å². The van der Waals surface area contributed by atoms with E-state index in [0.717, 1.165) is 43.6 Å². The number of unbranched alkanes of at least 4 members (excludes halogenated alkanes) is 2. The Morgan fingerprint density at radius 2 is 1.83 bits per heavy atom. The van der Waals surface area contributed by atoms with Gasteiger partial charge in [0.1, 0.15) is 5.82 Å². The fourth-order valence-electron chi connectivity index (χ4n) is 3.54. The van der Waals surface area contributed by atoms with Gasteiger partial charge in [-0.3, -0.25) is 4.79 Å². The number of aromatic nitrogens is 2. The van der Waals surface area contributed by atoms with Gasteiger partial charge in [0.2, 0.25) is 0 Å². The molecule has 3 aromatic rings. The van der Waals surface area contributed by atoms with Crippen LogP contribution < -0.4 is 14.8 Å². The largest absolute Gasteiger partial charge is 0.493 e. The van der Waals surface area contributed by atoms with E-state index >= 15 is 0 Å². The molecule has 6 heteroatoms. The number of carbonyl (C=O) groups excluding carboxylic acids is 1. The molecule has 0 fully saturated rings. The van der Waals surface area contributed by atoms with Gasteiger partial charge in [0.25, 0.3) is 5.91 Å². The van der Waals surface area contributed by atoms with Crippen molar-refractivity contribution in [1.29, 1.82) is 0 Å². The van der Waals surface area contributed by atoms with Crippen molar-refractivity contribution in [2.75, 3.05) is 20.8 Å². The van der Waals surface area contributed by atoms with E-state index in [0.29, 0.717) is 23.6 Å². The number of carbonyl (C=O) groups is 1. The number of benzene rings is 2. The standard InChI is InChI=1S/C23H29N3O3/c1-4-26-19-11-8-7-10-18(19)25-22(26)12-6-5-9-15-24-23(27)17-13-14-20(28-2)21(16-17)29-3/h7-8,10-11,13-14,16H,4-6,9,12,15H2,1-3H3,(H,24,27). The highest BCUT2D eigenvalue weighted by Gasteiger charge is 2.11. The minimum Gasteiger partial charge on any atom is -0.493 e. The van der Waals surface area contributed by atoms with Gasteiger partial charge in [0, 0.05) is 25.1 Å². The van der Waals surface area contributed by atoms with Gasteiger partial charge in [-0.25, -0.2) is 4.98 Å². The Kier molecular flexibility index (Phi) is 7.11. The third-order valence-corrected chi connectivity index (χ3v) is 5.06.